The minimum atomic E-state index is -1.97. The zero-order valence-corrected chi connectivity index (χ0v) is 37.5. The van der Waals surface area contributed by atoms with Crippen molar-refractivity contribution in [2.45, 2.75) is 162 Å². The maximum atomic E-state index is 13.9. The summed E-state index contributed by atoms with van der Waals surface area (Å²) in [5.41, 5.74) is 6.76. The van der Waals surface area contributed by atoms with E-state index in [1.807, 2.05) is 47.6 Å². The van der Waals surface area contributed by atoms with E-state index in [0.717, 1.165) is 5.57 Å². The molecule has 3 aliphatic rings. The lowest BCUT2D eigenvalue weighted by Crippen LogP contribution is -2.59. The molecule has 15 nitrogen and oxygen atoms in total. The predicted octanol–water partition coefficient (Wildman–Crippen LogP) is 4.59. The summed E-state index contributed by atoms with van der Waals surface area (Å²) in [6, 6.07) is 0. The smallest absolute Gasteiger partial charge is 0.404 e. The topological polar surface area (TPSA) is 226 Å². The van der Waals surface area contributed by atoms with Crippen molar-refractivity contribution < 1.29 is 68.3 Å². The first-order chi connectivity index (χ1) is 28.1. The summed E-state index contributed by atoms with van der Waals surface area (Å²) in [6.45, 7) is 18.0. The molecule has 1 amide bonds. The first-order valence-corrected chi connectivity index (χ1v) is 21.1. The summed E-state index contributed by atoms with van der Waals surface area (Å²) in [4.78, 5) is 25.3. The molecule has 0 saturated carbocycles. The van der Waals surface area contributed by atoms with Gasteiger partial charge >= 0.3 is 12.1 Å². The molecule has 3 heterocycles. The molecule has 18 atom stereocenters. The summed E-state index contributed by atoms with van der Waals surface area (Å²) in [5, 5.41) is 57.6. The van der Waals surface area contributed by atoms with Gasteiger partial charge in [0.25, 0.3) is 0 Å². The van der Waals surface area contributed by atoms with Crippen LogP contribution in [0.25, 0.3) is 0 Å². The highest BCUT2D eigenvalue weighted by Gasteiger charge is 2.52. The molecule has 0 unspecified atom stereocenters. The van der Waals surface area contributed by atoms with Crippen molar-refractivity contribution in [3.05, 3.63) is 59.4 Å². The molecule has 2 saturated heterocycles. The van der Waals surface area contributed by atoms with Gasteiger partial charge in [0, 0.05) is 49.5 Å². The summed E-state index contributed by atoms with van der Waals surface area (Å²) in [5.74, 6) is -6.06. The first kappa shape index (κ1) is 51.2. The van der Waals surface area contributed by atoms with E-state index in [1.54, 1.807) is 58.1 Å². The second kappa shape index (κ2) is 22.8. The number of aliphatic hydroxyl groups excluding tert-OH is 4. The number of methoxy groups -OCH3 is 2. The molecular formula is C45H73NO14. The molecule has 3 aliphatic heterocycles. The van der Waals surface area contributed by atoms with Crippen LogP contribution in [0.15, 0.2) is 59.4 Å². The minimum absolute atomic E-state index is 0.0314. The van der Waals surface area contributed by atoms with E-state index in [1.165, 1.54) is 20.3 Å². The van der Waals surface area contributed by atoms with Gasteiger partial charge in [-0.05, 0) is 46.1 Å². The summed E-state index contributed by atoms with van der Waals surface area (Å²) < 4.78 is 41.3. The molecule has 0 aromatic carbocycles. The van der Waals surface area contributed by atoms with Crippen molar-refractivity contribution in [3.63, 3.8) is 0 Å². The Morgan fingerprint density at radius 2 is 1.72 bits per heavy atom. The number of ether oxygens (including phenoxy) is 7. The van der Waals surface area contributed by atoms with Crippen molar-refractivity contribution >= 4 is 12.1 Å². The van der Waals surface area contributed by atoms with E-state index >= 15 is 0 Å². The molecule has 2 fully saturated rings. The third-order valence-electron chi connectivity index (χ3n) is 12.5. The highest BCUT2D eigenvalue weighted by atomic mass is 16.7. The number of primary amides is 1. The largest absolute Gasteiger partial charge is 0.490 e. The maximum absolute atomic E-state index is 13.9. The van der Waals surface area contributed by atoms with Gasteiger partial charge in [-0.15, -0.1) is 0 Å². The van der Waals surface area contributed by atoms with Crippen LogP contribution in [0.5, 0.6) is 0 Å². The quantitative estimate of drug-likeness (QED) is 0.131. The molecule has 60 heavy (non-hydrogen) atoms. The Morgan fingerprint density at radius 1 is 1.05 bits per heavy atom. The first-order valence-electron chi connectivity index (χ1n) is 21.1. The molecule has 0 bridgehead atoms. The number of carbonyl (C=O) groups excluding carboxylic acids is 2. The van der Waals surface area contributed by atoms with Gasteiger partial charge in [-0.1, -0.05) is 89.1 Å². The molecule has 15 heteroatoms. The van der Waals surface area contributed by atoms with Crippen LogP contribution in [0.3, 0.4) is 0 Å². The van der Waals surface area contributed by atoms with Gasteiger partial charge in [0.2, 0.25) is 5.76 Å². The fourth-order valence-corrected chi connectivity index (χ4v) is 8.64. The molecule has 7 N–H and O–H groups in total. The van der Waals surface area contributed by atoms with Crippen LogP contribution in [0.4, 0.5) is 4.79 Å². The molecule has 0 aromatic heterocycles. The second-order valence-electron chi connectivity index (χ2n) is 17.3. The maximum Gasteiger partial charge on any atom is 0.404 e. The number of rotatable bonds is 10. The van der Waals surface area contributed by atoms with Crippen LogP contribution in [0.1, 0.15) is 88.5 Å². The van der Waals surface area contributed by atoms with Crippen LogP contribution in [-0.4, -0.2) is 125 Å². The lowest BCUT2D eigenvalue weighted by Gasteiger charge is -2.49. The van der Waals surface area contributed by atoms with Crippen LogP contribution < -0.4 is 5.73 Å². The summed E-state index contributed by atoms with van der Waals surface area (Å²) >= 11 is 0. The van der Waals surface area contributed by atoms with Gasteiger partial charge in [0.1, 0.15) is 12.2 Å². The number of nitrogens with two attached hydrogens (primary N) is 1. The molecule has 0 aromatic rings. The zero-order chi connectivity index (χ0) is 45.2. The monoisotopic (exact) mass is 852 g/mol. The number of hydrogen-bond acceptors (Lipinski definition) is 14. The molecule has 0 aliphatic carbocycles. The third-order valence-corrected chi connectivity index (χ3v) is 12.5. The van der Waals surface area contributed by atoms with Gasteiger partial charge in [-0.3, -0.25) is 0 Å². The Kier molecular flexibility index (Phi) is 19.5. The fourth-order valence-electron chi connectivity index (χ4n) is 8.64. The van der Waals surface area contributed by atoms with Gasteiger partial charge < -0.3 is 64.4 Å². The number of carbonyl (C=O) groups is 2. The number of hydrogen-bond donors (Lipinski definition) is 6. The van der Waals surface area contributed by atoms with Crippen LogP contribution in [0.2, 0.25) is 0 Å². The van der Waals surface area contributed by atoms with E-state index in [-0.39, 0.29) is 36.4 Å². The van der Waals surface area contributed by atoms with Gasteiger partial charge in [0.05, 0.1) is 49.8 Å². The zero-order valence-electron chi connectivity index (χ0n) is 37.5. The number of allylic oxidation sites excluding steroid dienone is 6. The second-order valence-corrected chi connectivity index (χ2v) is 17.3. The van der Waals surface area contributed by atoms with Crippen molar-refractivity contribution in [1.29, 1.82) is 0 Å². The van der Waals surface area contributed by atoms with Crippen molar-refractivity contribution in [2.75, 3.05) is 14.2 Å². The van der Waals surface area contributed by atoms with E-state index in [4.69, 9.17) is 38.9 Å². The highest BCUT2D eigenvalue weighted by Crippen LogP contribution is 2.42. The Bertz CT molecular complexity index is 1550. The molecule has 3 rings (SSSR count). The van der Waals surface area contributed by atoms with E-state index in [0.29, 0.717) is 12.0 Å². The average molecular weight is 852 g/mol. The van der Waals surface area contributed by atoms with E-state index in [2.05, 4.69) is 0 Å². The standard InChI is InChI=1S/C45H73NO14/c1-13-15-33-27(6)36(57-37-21-32(47)42(31(10)56-37)59-44(46)52)22-45(53,60-33)30(9)40(50)29(8)41-34(54-11)17-14-16-23(2)18-25(4)38(48)28(7)39(49)26(5)19-24(3)20-35(55-12)43(51)58-41/h13-17,19-20,25-34,36-42,47-50,53H,18,21-22H2,1-12H3,(H2,46,52)/b15-13+,17-14-,23-16-,24-19-,35-20+/t25-,26-,27-,28+,29+,30+,31-,32-,33-,34+,36-,37+,38+,39-,40-,41-,42-,45-/m1/s1. The number of esters is 1. The Balaban J connectivity index is 1.99. The van der Waals surface area contributed by atoms with Crippen molar-refractivity contribution in [3.8, 4) is 0 Å². The SMILES string of the molecule is C/C=C/[C@H]1O[C@@](O)([C@@H](C)[C@H](O)[C@H](C)[C@H]2OC(=O)/C(OC)=C\C(C)=C/[C@@H](C)[C@@H](O)[C@@H](C)[C@@H](O)[C@H](C)C/C(C)=C\C=C/[C@@H]2OC)C[C@@H](O[C@H]2C[C@@H](O)[C@H](OC(N)=O)[C@@H](C)O2)[C@@H]1C. The Hall–Kier alpha value is -3.12. The van der Waals surface area contributed by atoms with Crippen molar-refractivity contribution in [2.24, 2.45) is 41.2 Å². The fraction of sp³-hybridized carbons (Fsp3) is 0.733. The van der Waals surface area contributed by atoms with Gasteiger partial charge in [-0.2, -0.15) is 0 Å². The van der Waals surface area contributed by atoms with E-state index in [9.17, 15) is 35.1 Å². The highest BCUT2D eigenvalue weighted by molar-refractivity contribution is 5.87. The van der Waals surface area contributed by atoms with Gasteiger partial charge in [0.15, 0.2) is 18.2 Å². The number of aliphatic hydroxyl groups is 5. The summed E-state index contributed by atoms with van der Waals surface area (Å²) in [7, 11) is 2.80. The van der Waals surface area contributed by atoms with Crippen LogP contribution in [-0.2, 0) is 38.0 Å². The third kappa shape index (κ3) is 13.2. The Morgan fingerprint density at radius 3 is 2.30 bits per heavy atom. The normalized spacial score (nSPS) is 42.7. The van der Waals surface area contributed by atoms with Gasteiger partial charge in [-0.25, -0.2) is 9.59 Å². The minimum Gasteiger partial charge on any atom is -0.490 e. The van der Waals surface area contributed by atoms with Crippen molar-refractivity contribution in [1.82, 2.24) is 0 Å². The predicted molar refractivity (Wildman–Crippen MR) is 224 cm³/mol. The molecule has 0 radical (unpaired) electrons. The van der Waals surface area contributed by atoms with E-state index < -0.39 is 103 Å². The Labute approximate surface area is 356 Å². The lowest BCUT2D eigenvalue weighted by atomic mass is 9.77. The summed E-state index contributed by atoms with van der Waals surface area (Å²) in [6.07, 6.45) is 1.54. The molecular weight excluding hydrogens is 778 g/mol. The number of cyclic esters (lactones) is 1. The van der Waals surface area contributed by atoms with Crippen LogP contribution >= 0.6 is 0 Å². The number of amides is 1. The lowest BCUT2D eigenvalue weighted by molar-refractivity contribution is -0.338. The average Bonchev–Trinajstić information content (AvgIpc) is 3.18. The van der Waals surface area contributed by atoms with Crippen LogP contribution in [0, 0.1) is 35.5 Å². The molecule has 342 valence electrons. The molecule has 0 spiro atoms.